The van der Waals surface area contributed by atoms with Gasteiger partial charge in [-0.2, -0.15) is 0 Å². The molecule has 0 spiro atoms. The molecule has 14 heavy (non-hydrogen) atoms. The maximum absolute atomic E-state index is 11.4. The smallest absolute Gasteiger partial charge is 0.283 e. The van der Waals surface area contributed by atoms with Gasteiger partial charge in [-0.1, -0.05) is 5.16 Å². The first kappa shape index (κ1) is 8.23. The van der Waals surface area contributed by atoms with E-state index in [1.807, 2.05) is 0 Å². The lowest BCUT2D eigenvalue weighted by atomic mass is 10.4. The molecule has 0 aliphatic heterocycles. The van der Waals surface area contributed by atoms with Gasteiger partial charge in [0.2, 0.25) is 11.5 Å². The number of nitrogens with zero attached hydrogens (tertiary/aromatic N) is 3. The Balaban J connectivity index is 2.14. The van der Waals surface area contributed by atoms with Crippen LogP contribution < -0.4 is 11.1 Å². The maximum atomic E-state index is 11.4. The lowest BCUT2D eigenvalue weighted by Gasteiger charge is -1.95. The molecule has 2 aromatic heterocycles. The van der Waals surface area contributed by atoms with Gasteiger partial charge >= 0.3 is 0 Å². The molecule has 0 bridgehead atoms. The van der Waals surface area contributed by atoms with E-state index in [4.69, 9.17) is 5.73 Å². The van der Waals surface area contributed by atoms with E-state index in [0.717, 1.165) is 0 Å². The van der Waals surface area contributed by atoms with E-state index in [9.17, 15) is 4.79 Å². The average Bonchev–Trinajstić information content (AvgIpc) is 2.75. The van der Waals surface area contributed by atoms with Gasteiger partial charge in [0.25, 0.3) is 5.91 Å². The van der Waals surface area contributed by atoms with Crippen LogP contribution in [-0.4, -0.2) is 21.4 Å². The maximum Gasteiger partial charge on any atom is 0.283 e. The average molecular weight is 195 g/mol. The molecule has 3 N–H and O–H groups in total. The number of carbonyl (C=O) groups excluding carboxylic acids is 1. The minimum Gasteiger partial charge on any atom is -0.379 e. The van der Waals surface area contributed by atoms with Gasteiger partial charge in [0.05, 0.1) is 0 Å². The summed E-state index contributed by atoms with van der Waals surface area (Å²) >= 11 is 0. The number of aromatic nitrogens is 3. The zero-order valence-corrected chi connectivity index (χ0v) is 6.80. The fourth-order valence-electron chi connectivity index (χ4n) is 0.806. The number of rotatable bonds is 2. The Kier molecular flexibility index (Phi) is 1.86. The van der Waals surface area contributed by atoms with Crippen molar-refractivity contribution in [1.29, 1.82) is 0 Å². The third-order valence-corrected chi connectivity index (χ3v) is 1.41. The molecule has 0 aliphatic carbocycles. The summed E-state index contributed by atoms with van der Waals surface area (Å²) < 4.78 is 8.76. The normalized spacial score (nSPS) is 10.0. The predicted molar refractivity (Wildman–Crippen MR) is 43.2 cm³/mol. The molecular weight excluding hydrogens is 190 g/mol. The van der Waals surface area contributed by atoms with Gasteiger partial charge in [-0.25, -0.2) is 4.63 Å². The quantitative estimate of drug-likeness (QED) is 0.685. The zero-order chi connectivity index (χ0) is 9.97. The van der Waals surface area contributed by atoms with Gasteiger partial charge in [-0.15, -0.1) is 0 Å². The van der Waals surface area contributed by atoms with Crippen LogP contribution in [0.1, 0.15) is 10.5 Å². The largest absolute Gasteiger partial charge is 0.379 e. The third kappa shape index (κ3) is 1.40. The fourth-order valence-corrected chi connectivity index (χ4v) is 0.806. The van der Waals surface area contributed by atoms with Crippen LogP contribution in [0.3, 0.4) is 0 Å². The van der Waals surface area contributed by atoms with Crippen LogP contribution in [-0.2, 0) is 0 Å². The van der Waals surface area contributed by atoms with Crippen LogP contribution in [0.4, 0.5) is 11.6 Å². The Labute approximate surface area is 77.0 Å². The standard InChI is InChI=1S/C6H5N5O3/c7-5-4(10-14-11-5)6(12)8-3-1-2-13-9-3/h1-2H,(H2,7,11)(H,8,9,12). The Morgan fingerprint density at radius 1 is 1.43 bits per heavy atom. The van der Waals surface area contributed by atoms with Crippen molar-refractivity contribution >= 4 is 17.5 Å². The van der Waals surface area contributed by atoms with Crippen molar-refractivity contribution in [3.05, 3.63) is 18.0 Å². The van der Waals surface area contributed by atoms with Crippen molar-refractivity contribution in [1.82, 2.24) is 15.5 Å². The predicted octanol–water partition coefficient (Wildman–Crippen LogP) is -0.108. The highest BCUT2D eigenvalue weighted by molar-refractivity contribution is 6.04. The van der Waals surface area contributed by atoms with E-state index in [1.54, 1.807) is 0 Å². The molecule has 8 nitrogen and oxygen atoms in total. The van der Waals surface area contributed by atoms with Crippen LogP contribution in [0.25, 0.3) is 0 Å². The second kappa shape index (κ2) is 3.17. The summed E-state index contributed by atoms with van der Waals surface area (Å²) in [4.78, 5) is 11.4. The molecule has 2 aromatic rings. The highest BCUT2D eigenvalue weighted by atomic mass is 16.6. The Morgan fingerprint density at radius 2 is 2.29 bits per heavy atom. The summed E-state index contributed by atoms with van der Waals surface area (Å²) in [7, 11) is 0. The number of nitrogens with one attached hydrogen (secondary N) is 1. The number of amides is 1. The molecule has 0 atom stereocenters. The summed E-state index contributed by atoms with van der Waals surface area (Å²) in [6.45, 7) is 0. The Hall–Kier alpha value is -2.38. The summed E-state index contributed by atoms with van der Waals surface area (Å²) in [5.74, 6) is -0.374. The molecule has 0 unspecified atom stereocenters. The van der Waals surface area contributed by atoms with E-state index >= 15 is 0 Å². The Morgan fingerprint density at radius 3 is 2.86 bits per heavy atom. The van der Waals surface area contributed by atoms with Crippen molar-refractivity contribution in [2.45, 2.75) is 0 Å². The molecule has 0 saturated carbocycles. The van der Waals surface area contributed by atoms with Crippen molar-refractivity contribution in [3.8, 4) is 0 Å². The molecule has 1 amide bonds. The first-order valence-electron chi connectivity index (χ1n) is 3.57. The number of anilines is 2. The molecule has 0 aliphatic rings. The lowest BCUT2D eigenvalue weighted by Crippen LogP contribution is -2.14. The molecule has 0 fully saturated rings. The van der Waals surface area contributed by atoms with Crippen molar-refractivity contribution in [2.24, 2.45) is 0 Å². The number of nitrogens with two attached hydrogens (primary N) is 1. The zero-order valence-electron chi connectivity index (χ0n) is 6.80. The second-order valence-electron chi connectivity index (χ2n) is 2.34. The van der Waals surface area contributed by atoms with Crippen LogP contribution >= 0.6 is 0 Å². The number of hydrogen-bond donors (Lipinski definition) is 2. The summed E-state index contributed by atoms with van der Waals surface area (Å²) in [5.41, 5.74) is 5.21. The molecular formula is C6H5N5O3. The van der Waals surface area contributed by atoms with Gasteiger partial charge in [-0.3, -0.25) is 4.79 Å². The van der Waals surface area contributed by atoms with E-state index in [0.29, 0.717) is 0 Å². The number of nitrogen functional groups attached to an aromatic ring is 1. The van der Waals surface area contributed by atoms with Crippen molar-refractivity contribution in [2.75, 3.05) is 11.1 Å². The van der Waals surface area contributed by atoms with Crippen LogP contribution in [0.5, 0.6) is 0 Å². The topological polar surface area (TPSA) is 120 Å². The molecule has 0 radical (unpaired) electrons. The van der Waals surface area contributed by atoms with E-state index in [1.165, 1.54) is 12.3 Å². The van der Waals surface area contributed by atoms with E-state index in [-0.39, 0.29) is 17.3 Å². The fraction of sp³-hybridized carbons (Fsp3) is 0. The molecule has 2 rings (SSSR count). The molecule has 8 heteroatoms. The lowest BCUT2D eigenvalue weighted by molar-refractivity contribution is 0.101. The molecule has 2 heterocycles. The van der Waals surface area contributed by atoms with Gasteiger partial charge < -0.3 is 15.6 Å². The van der Waals surface area contributed by atoms with Crippen LogP contribution in [0, 0.1) is 0 Å². The van der Waals surface area contributed by atoms with Gasteiger partial charge in [0, 0.05) is 6.07 Å². The first-order valence-corrected chi connectivity index (χ1v) is 3.57. The molecule has 0 aromatic carbocycles. The first-order chi connectivity index (χ1) is 6.77. The minimum atomic E-state index is -0.558. The SMILES string of the molecule is Nc1nonc1C(=O)Nc1ccon1. The van der Waals surface area contributed by atoms with Crippen LogP contribution in [0.2, 0.25) is 0 Å². The van der Waals surface area contributed by atoms with Gasteiger partial charge in [0.1, 0.15) is 6.26 Å². The number of carbonyl (C=O) groups is 1. The highest BCUT2D eigenvalue weighted by Gasteiger charge is 2.16. The van der Waals surface area contributed by atoms with E-state index < -0.39 is 5.91 Å². The summed E-state index contributed by atoms with van der Waals surface area (Å²) in [6, 6.07) is 1.47. The third-order valence-electron chi connectivity index (χ3n) is 1.41. The van der Waals surface area contributed by atoms with Gasteiger partial charge in [0.15, 0.2) is 5.82 Å². The summed E-state index contributed by atoms with van der Waals surface area (Å²) in [5, 5.41) is 12.4. The Bertz CT molecular complexity index is 434. The molecule has 72 valence electrons. The highest BCUT2D eigenvalue weighted by Crippen LogP contribution is 2.08. The van der Waals surface area contributed by atoms with Gasteiger partial charge in [-0.05, 0) is 10.3 Å². The monoisotopic (exact) mass is 195 g/mol. The van der Waals surface area contributed by atoms with Crippen molar-refractivity contribution < 1.29 is 13.9 Å². The minimum absolute atomic E-state index is 0.0778. The van der Waals surface area contributed by atoms with E-state index in [2.05, 4.69) is 29.9 Å². The number of hydrogen-bond acceptors (Lipinski definition) is 7. The van der Waals surface area contributed by atoms with Crippen molar-refractivity contribution in [3.63, 3.8) is 0 Å². The summed E-state index contributed by atoms with van der Waals surface area (Å²) in [6.07, 6.45) is 1.32. The second-order valence-corrected chi connectivity index (χ2v) is 2.34. The van der Waals surface area contributed by atoms with Crippen LogP contribution in [0.15, 0.2) is 21.5 Å². The molecule has 0 saturated heterocycles.